The van der Waals surface area contributed by atoms with E-state index in [-0.39, 0.29) is 0 Å². The van der Waals surface area contributed by atoms with Gasteiger partial charge in [-0.3, -0.25) is 0 Å². The Morgan fingerprint density at radius 3 is 3.00 bits per heavy atom. The summed E-state index contributed by atoms with van der Waals surface area (Å²) in [5.41, 5.74) is 1.01. The summed E-state index contributed by atoms with van der Waals surface area (Å²) in [5.74, 6) is 0.822. The first-order valence-electron chi connectivity index (χ1n) is 4.85. The van der Waals surface area contributed by atoms with Crippen LogP contribution in [0.4, 0.5) is 0 Å². The molecule has 0 bridgehead atoms. The first-order chi connectivity index (χ1) is 7.76. The van der Waals surface area contributed by atoms with E-state index in [2.05, 4.69) is 10.4 Å². The van der Waals surface area contributed by atoms with Crippen molar-refractivity contribution in [3.05, 3.63) is 27.9 Å². The van der Waals surface area contributed by atoms with E-state index < -0.39 is 0 Å². The minimum atomic E-state index is 0.582. The van der Waals surface area contributed by atoms with Gasteiger partial charge >= 0.3 is 0 Å². The maximum absolute atomic E-state index is 10.1. The Bertz CT molecular complexity index is 585. The first kappa shape index (κ1) is 10.8. The lowest BCUT2D eigenvalue weighted by Crippen LogP contribution is -2.08. The SMILES string of the molecule is CCOc1ccc2c(c1)s/c(=N\N=O)n2C. The summed E-state index contributed by atoms with van der Waals surface area (Å²) in [6.45, 7) is 2.58. The molecule has 1 heterocycles. The average Bonchev–Trinajstić information content (AvgIpc) is 2.57. The van der Waals surface area contributed by atoms with Crippen LogP contribution in [0.25, 0.3) is 10.2 Å². The van der Waals surface area contributed by atoms with Gasteiger partial charge in [0.2, 0.25) is 4.80 Å². The number of ether oxygens (including phenoxy) is 1. The Balaban J connectivity index is 2.62. The fourth-order valence-corrected chi connectivity index (χ4v) is 2.49. The number of benzene rings is 1. The number of rotatable bonds is 3. The smallest absolute Gasteiger partial charge is 0.214 e. The van der Waals surface area contributed by atoms with E-state index in [1.807, 2.05) is 36.7 Å². The van der Waals surface area contributed by atoms with Gasteiger partial charge in [0, 0.05) is 7.05 Å². The Morgan fingerprint density at radius 1 is 1.50 bits per heavy atom. The van der Waals surface area contributed by atoms with Gasteiger partial charge in [-0.05, 0) is 25.1 Å². The average molecular weight is 237 g/mol. The molecule has 0 aliphatic rings. The highest BCUT2D eigenvalue weighted by Gasteiger charge is 2.04. The van der Waals surface area contributed by atoms with Crippen molar-refractivity contribution in [1.82, 2.24) is 4.57 Å². The lowest BCUT2D eigenvalue weighted by Gasteiger charge is -2.02. The number of hydrogen-bond acceptors (Lipinski definition) is 4. The van der Waals surface area contributed by atoms with E-state index in [1.165, 1.54) is 11.3 Å². The van der Waals surface area contributed by atoms with Crippen LogP contribution in [0.3, 0.4) is 0 Å². The number of nitrogens with zero attached hydrogens (tertiary/aromatic N) is 3. The highest BCUT2D eigenvalue weighted by molar-refractivity contribution is 7.16. The van der Waals surface area contributed by atoms with Gasteiger partial charge in [0.15, 0.2) is 0 Å². The summed E-state index contributed by atoms with van der Waals surface area (Å²) in [5, 5.41) is 6.08. The second kappa shape index (κ2) is 4.44. The third kappa shape index (κ3) is 1.83. The Labute approximate surface area is 96.0 Å². The van der Waals surface area contributed by atoms with Crippen LogP contribution in [0, 0.1) is 4.91 Å². The summed E-state index contributed by atoms with van der Waals surface area (Å²) < 4.78 is 8.26. The maximum Gasteiger partial charge on any atom is 0.214 e. The highest BCUT2D eigenvalue weighted by atomic mass is 32.1. The molecular formula is C10H11N3O2S. The molecule has 0 aliphatic heterocycles. The largest absolute Gasteiger partial charge is 0.494 e. The van der Waals surface area contributed by atoms with E-state index in [0.29, 0.717) is 11.4 Å². The molecule has 0 N–H and O–H groups in total. The second-order valence-corrected chi connectivity index (χ2v) is 4.20. The van der Waals surface area contributed by atoms with E-state index in [4.69, 9.17) is 4.74 Å². The predicted octanol–water partition coefficient (Wildman–Crippen LogP) is 2.22. The molecule has 0 amide bonds. The number of fused-ring (bicyclic) bond motifs is 1. The third-order valence-electron chi connectivity index (χ3n) is 2.22. The summed E-state index contributed by atoms with van der Waals surface area (Å²) in [4.78, 5) is 10.7. The molecule has 84 valence electrons. The highest BCUT2D eigenvalue weighted by Crippen LogP contribution is 2.22. The fraction of sp³-hybridized carbons (Fsp3) is 0.300. The fourth-order valence-electron chi connectivity index (χ4n) is 1.50. The van der Waals surface area contributed by atoms with Crippen molar-refractivity contribution in [1.29, 1.82) is 0 Å². The van der Waals surface area contributed by atoms with Crippen molar-refractivity contribution in [2.24, 2.45) is 17.4 Å². The van der Waals surface area contributed by atoms with Gasteiger partial charge in [-0.2, -0.15) is 0 Å². The predicted molar refractivity (Wildman–Crippen MR) is 63.3 cm³/mol. The molecule has 2 rings (SSSR count). The van der Waals surface area contributed by atoms with E-state index >= 15 is 0 Å². The first-order valence-corrected chi connectivity index (χ1v) is 5.66. The normalized spacial score (nSPS) is 12.0. The number of aromatic nitrogens is 1. The molecule has 1 aromatic carbocycles. The van der Waals surface area contributed by atoms with Crippen molar-refractivity contribution < 1.29 is 4.74 Å². The van der Waals surface area contributed by atoms with Crippen LogP contribution in [-0.4, -0.2) is 11.2 Å². The molecule has 0 unspecified atom stereocenters. The molecule has 6 heteroatoms. The minimum Gasteiger partial charge on any atom is -0.494 e. The van der Waals surface area contributed by atoms with Gasteiger partial charge in [0.25, 0.3) is 0 Å². The molecule has 16 heavy (non-hydrogen) atoms. The topological polar surface area (TPSA) is 56.0 Å². The second-order valence-electron chi connectivity index (χ2n) is 3.19. The lowest BCUT2D eigenvalue weighted by molar-refractivity contribution is 0.341. The van der Waals surface area contributed by atoms with Crippen molar-refractivity contribution in [2.45, 2.75) is 6.92 Å². The zero-order valence-electron chi connectivity index (χ0n) is 9.01. The summed E-state index contributed by atoms with van der Waals surface area (Å²) in [6, 6.07) is 5.78. The zero-order valence-corrected chi connectivity index (χ0v) is 9.82. The van der Waals surface area contributed by atoms with Crippen LogP contribution in [0.5, 0.6) is 5.75 Å². The van der Waals surface area contributed by atoms with E-state index in [9.17, 15) is 4.91 Å². The molecule has 0 saturated heterocycles. The Morgan fingerprint density at radius 2 is 2.31 bits per heavy atom. The van der Waals surface area contributed by atoms with Crippen LogP contribution >= 0.6 is 11.3 Å². The summed E-state index contributed by atoms with van der Waals surface area (Å²) in [7, 11) is 1.85. The van der Waals surface area contributed by atoms with Crippen molar-refractivity contribution in [2.75, 3.05) is 6.61 Å². The third-order valence-corrected chi connectivity index (χ3v) is 3.30. The van der Waals surface area contributed by atoms with E-state index in [0.717, 1.165) is 16.0 Å². The molecule has 1 aromatic heterocycles. The van der Waals surface area contributed by atoms with Crippen LogP contribution < -0.4 is 9.54 Å². The van der Waals surface area contributed by atoms with Crippen LogP contribution in [0.1, 0.15) is 6.92 Å². The number of thiazole rings is 1. The van der Waals surface area contributed by atoms with Gasteiger partial charge in [-0.25, -0.2) is 0 Å². The Kier molecular flexibility index (Phi) is 3.00. The molecule has 0 atom stereocenters. The van der Waals surface area contributed by atoms with Gasteiger partial charge < -0.3 is 9.30 Å². The minimum absolute atomic E-state index is 0.582. The molecule has 0 fully saturated rings. The number of aryl methyl sites for hydroxylation is 1. The molecular weight excluding hydrogens is 226 g/mol. The van der Waals surface area contributed by atoms with Crippen LogP contribution in [0.2, 0.25) is 0 Å². The molecule has 0 saturated carbocycles. The molecule has 0 aliphatic carbocycles. The van der Waals surface area contributed by atoms with Crippen molar-refractivity contribution in [3.8, 4) is 5.75 Å². The van der Waals surface area contributed by atoms with Gasteiger partial charge in [0.1, 0.15) is 5.75 Å². The molecule has 5 nitrogen and oxygen atoms in total. The monoisotopic (exact) mass is 237 g/mol. The zero-order chi connectivity index (χ0) is 11.5. The summed E-state index contributed by atoms with van der Waals surface area (Å²) >= 11 is 1.41. The number of hydrogen-bond donors (Lipinski definition) is 0. The summed E-state index contributed by atoms with van der Waals surface area (Å²) in [6.07, 6.45) is 0. The molecule has 0 spiro atoms. The molecule has 2 aromatic rings. The standard InChI is InChI=1S/C10H11N3O2S/c1-3-15-7-4-5-8-9(6-7)16-10(11-12-14)13(8)2/h4-6H,3H2,1-2H3/b11-10-. The lowest BCUT2D eigenvalue weighted by atomic mass is 10.3. The van der Waals surface area contributed by atoms with Crippen LogP contribution in [0.15, 0.2) is 28.6 Å². The van der Waals surface area contributed by atoms with Crippen molar-refractivity contribution in [3.63, 3.8) is 0 Å². The Hall–Kier alpha value is -1.69. The van der Waals surface area contributed by atoms with Gasteiger partial charge in [-0.1, -0.05) is 16.4 Å². The van der Waals surface area contributed by atoms with E-state index in [1.54, 1.807) is 0 Å². The van der Waals surface area contributed by atoms with Crippen molar-refractivity contribution >= 4 is 21.6 Å². The van der Waals surface area contributed by atoms with Crippen LogP contribution in [-0.2, 0) is 7.05 Å². The quantitative estimate of drug-likeness (QED) is 0.607. The van der Waals surface area contributed by atoms with Gasteiger partial charge in [0.05, 0.1) is 22.1 Å². The van der Waals surface area contributed by atoms with Gasteiger partial charge in [-0.15, -0.1) is 4.91 Å². The number of nitroso groups, excluding NO2 is 1. The maximum atomic E-state index is 10.1. The molecule has 0 radical (unpaired) electrons.